The quantitative estimate of drug-likeness (QED) is 0.339. The summed E-state index contributed by atoms with van der Waals surface area (Å²) in [7, 11) is -10.9. The molecule has 0 atom stereocenters. The second kappa shape index (κ2) is 15.0. The Morgan fingerprint density at radius 1 is 0.655 bits per heavy atom. The van der Waals surface area contributed by atoms with Gasteiger partial charge in [0.15, 0.2) is 24.8 Å². The molecule has 0 fully saturated rings. The fourth-order valence-corrected chi connectivity index (χ4v) is 2.77. The van der Waals surface area contributed by atoms with E-state index in [0.717, 1.165) is 13.1 Å². The van der Waals surface area contributed by atoms with Crippen molar-refractivity contribution in [2.45, 2.75) is 52.6 Å². The van der Waals surface area contributed by atoms with Gasteiger partial charge in [0.05, 0.1) is 0 Å². The number of pyridine rings is 2. The van der Waals surface area contributed by atoms with E-state index < -0.39 is 20.8 Å². The molecule has 29 heavy (non-hydrogen) atoms. The summed E-state index contributed by atoms with van der Waals surface area (Å²) in [5, 5.41) is 0. The summed E-state index contributed by atoms with van der Waals surface area (Å²) in [6.45, 7) is 6.72. The average molecular weight is 449 g/mol. The van der Waals surface area contributed by atoms with Crippen LogP contribution in [0.4, 0.5) is 0 Å². The van der Waals surface area contributed by atoms with Crippen molar-refractivity contribution in [3.05, 3.63) is 61.2 Å². The number of aromatic nitrogens is 2. The minimum Gasteiger partial charge on any atom is -0.725 e. The molecule has 0 bridgehead atoms. The molecule has 2 rings (SSSR count). The van der Waals surface area contributed by atoms with Crippen molar-refractivity contribution in [3.63, 3.8) is 0 Å². The van der Waals surface area contributed by atoms with Gasteiger partial charge in [-0.05, 0) is 0 Å². The number of hydrogen-bond acceptors (Lipinski definition) is 7. The van der Waals surface area contributed by atoms with E-state index in [9.17, 15) is 25.9 Å². The maximum Gasteiger partial charge on any atom is 0.231 e. The number of aryl methyl sites for hydroxylation is 2. The first-order valence-electron chi connectivity index (χ1n) is 9.08. The van der Waals surface area contributed by atoms with Crippen LogP contribution in [0.15, 0.2) is 61.2 Å². The summed E-state index contributed by atoms with van der Waals surface area (Å²) < 4.78 is 62.6. The third-order valence-corrected chi connectivity index (χ3v) is 4.59. The third kappa shape index (κ3) is 19.2. The zero-order valence-corrected chi connectivity index (χ0v) is 18.2. The first kappa shape index (κ1) is 27.1. The van der Waals surface area contributed by atoms with Crippen LogP contribution in [-0.4, -0.2) is 25.9 Å². The van der Waals surface area contributed by atoms with Gasteiger partial charge in [0.2, 0.25) is 20.8 Å². The van der Waals surface area contributed by atoms with Gasteiger partial charge in [-0.1, -0.05) is 38.8 Å². The molecular formula is C18H28N2O7S2. The van der Waals surface area contributed by atoms with E-state index in [0.29, 0.717) is 0 Å². The molecule has 0 aliphatic carbocycles. The van der Waals surface area contributed by atoms with E-state index in [2.05, 4.69) is 75.7 Å². The van der Waals surface area contributed by atoms with Crippen molar-refractivity contribution >= 4 is 20.8 Å². The Morgan fingerprint density at radius 2 is 0.966 bits per heavy atom. The van der Waals surface area contributed by atoms with Crippen LogP contribution in [0.1, 0.15) is 39.5 Å². The molecule has 0 saturated carbocycles. The van der Waals surface area contributed by atoms with Crippen molar-refractivity contribution in [2.75, 3.05) is 0 Å². The highest BCUT2D eigenvalue weighted by Gasteiger charge is 1.99. The Labute approximate surface area is 173 Å². The number of hydrogen-bond donors (Lipinski definition) is 0. The van der Waals surface area contributed by atoms with Crippen LogP contribution >= 0.6 is 0 Å². The maximum atomic E-state index is 9.29. The van der Waals surface area contributed by atoms with Crippen LogP contribution < -0.4 is 9.13 Å². The molecule has 0 aliphatic heterocycles. The highest BCUT2D eigenvalue weighted by atomic mass is 32.3. The van der Waals surface area contributed by atoms with Crippen LogP contribution in [-0.2, 0) is 37.5 Å². The van der Waals surface area contributed by atoms with Gasteiger partial charge in [-0.25, -0.2) is 26.0 Å². The summed E-state index contributed by atoms with van der Waals surface area (Å²) >= 11 is 0. The Morgan fingerprint density at radius 3 is 1.17 bits per heavy atom. The molecule has 164 valence electrons. The average Bonchev–Trinajstić information content (AvgIpc) is 2.64. The van der Waals surface area contributed by atoms with Crippen LogP contribution in [0.25, 0.3) is 0 Å². The molecule has 0 saturated heterocycles. The van der Waals surface area contributed by atoms with Gasteiger partial charge >= 0.3 is 0 Å². The number of rotatable bonds is 8. The first-order valence-corrected chi connectivity index (χ1v) is 11.7. The highest BCUT2D eigenvalue weighted by Crippen LogP contribution is 1.91. The van der Waals surface area contributed by atoms with Gasteiger partial charge in [0.25, 0.3) is 0 Å². The van der Waals surface area contributed by atoms with Crippen LogP contribution in [0.2, 0.25) is 0 Å². The molecule has 9 nitrogen and oxygen atoms in total. The topological polar surface area (TPSA) is 131 Å². The molecule has 11 heteroatoms. The molecule has 0 radical (unpaired) electrons. The van der Waals surface area contributed by atoms with Crippen LogP contribution in [0, 0.1) is 0 Å². The smallest absolute Gasteiger partial charge is 0.231 e. The van der Waals surface area contributed by atoms with Crippen molar-refractivity contribution in [3.8, 4) is 0 Å². The van der Waals surface area contributed by atoms with E-state index in [1.54, 1.807) is 0 Å². The van der Waals surface area contributed by atoms with Gasteiger partial charge < -0.3 is 9.11 Å². The molecule has 2 aromatic heterocycles. The van der Waals surface area contributed by atoms with E-state index in [1.165, 1.54) is 25.7 Å². The summed E-state index contributed by atoms with van der Waals surface area (Å²) in [5.41, 5.74) is 0. The normalized spacial score (nSPS) is 10.9. The van der Waals surface area contributed by atoms with Crippen molar-refractivity contribution in [2.24, 2.45) is 0 Å². The monoisotopic (exact) mass is 448 g/mol. The molecule has 2 heterocycles. The Kier molecular flexibility index (Phi) is 14.0. The lowest BCUT2D eigenvalue weighted by Gasteiger charge is -2.08. The summed E-state index contributed by atoms with van der Waals surface area (Å²) in [6, 6.07) is 12.3. The Bertz CT molecular complexity index is 786. The van der Waals surface area contributed by atoms with Gasteiger partial charge in [0, 0.05) is 37.1 Å². The molecule has 0 amide bonds. The van der Waals surface area contributed by atoms with Gasteiger partial charge in [-0.15, -0.1) is 0 Å². The standard InChI is InChI=1S/2C9H14N.H2O7S2/c2*1-2-3-7-10-8-5-4-6-9-10;1-8(2,3)7-9(4,5)6/h2*4-6,8-9H,2-3,7H2,1H3;(H,1,2,3)(H,4,5,6)/q2*+1;/p-2. The van der Waals surface area contributed by atoms with Gasteiger partial charge in [-0.2, -0.15) is 3.63 Å². The Balaban J connectivity index is 0.000000407. The minimum atomic E-state index is -5.43. The second-order valence-electron chi connectivity index (χ2n) is 5.82. The van der Waals surface area contributed by atoms with Crippen molar-refractivity contribution < 1.29 is 38.7 Å². The van der Waals surface area contributed by atoms with E-state index >= 15 is 0 Å². The molecule has 0 aliphatic rings. The molecular weight excluding hydrogens is 420 g/mol. The zero-order chi connectivity index (χ0) is 22.2. The van der Waals surface area contributed by atoms with Crippen molar-refractivity contribution in [1.29, 1.82) is 0 Å². The van der Waals surface area contributed by atoms with Gasteiger partial charge in [0.1, 0.15) is 13.1 Å². The molecule has 0 spiro atoms. The van der Waals surface area contributed by atoms with E-state index in [1.807, 2.05) is 12.1 Å². The summed E-state index contributed by atoms with van der Waals surface area (Å²) in [6.07, 6.45) is 13.5. The molecule has 2 aromatic rings. The van der Waals surface area contributed by atoms with E-state index in [-0.39, 0.29) is 0 Å². The van der Waals surface area contributed by atoms with Gasteiger partial charge in [-0.3, -0.25) is 0 Å². The predicted octanol–water partition coefficient (Wildman–Crippen LogP) is 1.47. The lowest BCUT2D eigenvalue weighted by molar-refractivity contribution is -0.697. The number of unbranched alkanes of at least 4 members (excludes halogenated alkanes) is 2. The SMILES string of the molecule is CCCC[n+]1ccccc1.CCCC[n+]1ccccc1.O=S(=O)([O-])OS(=O)(=O)[O-]. The van der Waals surface area contributed by atoms with Crippen LogP contribution in [0.3, 0.4) is 0 Å². The van der Waals surface area contributed by atoms with Crippen LogP contribution in [0.5, 0.6) is 0 Å². The van der Waals surface area contributed by atoms with E-state index in [4.69, 9.17) is 0 Å². The fourth-order valence-electron chi connectivity index (χ4n) is 1.95. The summed E-state index contributed by atoms with van der Waals surface area (Å²) in [5.74, 6) is 0. The number of nitrogens with zero attached hydrogens (tertiary/aromatic N) is 2. The first-order chi connectivity index (χ1) is 13.6. The lowest BCUT2D eigenvalue weighted by atomic mass is 10.3. The molecule has 0 aromatic carbocycles. The lowest BCUT2D eigenvalue weighted by Crippen LogP contribution is -2.31. The second-order valence-corrected chi connectivity index (χ2v) is 8.00. The predicted molar refractivity (Wildman–Crippen MR) is 104 cm³/mol. The third-order valence-electron chi connectivity index (χ3n) is 3.26. The molecule has 0 N–H and O–H groups in total. The highest BCUT2D eigenvalue weighted by molar-refractivity contribution is 7.94. The van der Waals surface area contributed by atoms with Crippen molar-refractivity contribution in [1.82, 2.24) is 0 Å². The Hall–Kier alpha value is -1.92. The fraction of sp³-hybridized carbons (Fsp3) is 0.444. The minimum absolute atomic E-state index is 1.15. The zero-order valence-electron chi connectivity index (χ0n) is 16.6. The summed E-state index contributed by atoms with van der Waals surface area (Å²) in [4.78, 5) is 0. The molecule has 0 unspecified atom stereocenters. The largest absolute Gasteiger partial charge is 0.725 e. The maximum absolute atomic E-state index is 9.29.